The first-order chi connectivity index (χ1) is 24.9. The number of rotatable bonds is 9. The van der Waals surface area contributed by atoms with E-state index in [0.717, 1.165) is 6.42 Å². The fourth-order valence-corrected chi connectivity index (χ4v) is 9.13. The van der Waals surface area contributed by atoms with E-state index in [2.05, 4.69) is 11.8 Å². The highest BCUT2D eigenvalue weighted by Crippen LogP contribution is 2.40. The predicted octanol–water partition coefficient (Wildman–Crippen LogP) is 2.68. The number of methoxy groups -OCH3 is 1. The fourth-order valence-electron chi connectivity index (χ4n) is 9.13. The highest BCUT2D eigenvalue weighted by atomic mass is 16.7. The summed E-state index contributed by atoms with van der Waals surface area (Å²) in [7, 11) is 5.29. The topological polar surface area (TPSA) is 180 Å². The lowest BCUT2D eigenvalue weighted by atomic mass is 9.78. The van der Waals surface area contributed by atoms with Crippen LogP contribution in [0.2, 0.25) is 0 Å². The van der Waals surface area contributed by atoms with Crippen LogP contribution in [-0.2, 0) is 33.2 Å². The minimum absolute atomic E-state index is 0.133. The molecule has 0 aromatic rings. The number of esters is 1. The number of cyclic esters (lactones) is 1. The Hall–Kier alpha value is -1.01. The van der Waals surface area contributed by atoms with Crippen molar-refractivity contribution in [2.45, 2.75) is 199 Å². The molecule has 3 rings (SSSR count). The van der Waals surface area contributed by atoms with Crippen LogP contribution in [0.15, 0.2) is 0 Å². The standard InChI is InChI=1S/C40H76N2O12/c1-15-17-42-21-22(3)33(44)40(11,48)29(16-2)52-36(46)26(7)32(53-30-20-39(10,49-14)34(45)27(8)51-30)25(6)35(38(9,47)19-23(42)4)54-37-31(43)28(41(12)13)18-24(5)50-37/h22-35,37,43-45,47-48H,15-21H2,1-14H3/t22-,23+,24+,25-,26+,27-,28-,29-,30-,31+,32-,33+,34-,35+,37-,38+,39+,40+/m0/s1. The van der Waals surface area contributed by atoms with E-state index in [1.54, 1.807) is 34.6 Å². The highest BCUT2D eigenvalue weighted by molar-refractivity contribution is 5.73. The average Bonchev–Trinajstić information content (AvgIpc) is 3.09. The number of likely N-dealkylation sites (N-methyl/N-ethyl adjacent to an activating group) is 1. The summed E-state index contributed by atoms with van der Waals surface area (Å²) in [4.78, 5) is 18.4. The molecule has 0 bridgehead atoms. The second-order valence-electron chi connectivity index (χ2n) is 17.7. The van der Waals surface area contributed by atoms with Crippen LogP contribution in [0.25, 0.3) is 0 Å². The van der Waals surface area contributed by atoms with Crippen molar-refractivity contribution in [1.29, 1.82) is 0 Å². The molecule has 0 aromatic carbocycles. The monoisotopic (exact) mass is 777 g/mol. The Balaban J connectivity index is 2.22. The Kier molecular flexibility index (Phi) is 16.8. The molecular formula is C40H76N2O12. The molecular weight excluding hydrogens is 700 g/mol. The van der Waals surface area contributed by atoms with Crippen LogP contribution < -0.4 is 0 Å². The van der Waals surface area contributed by atoms with Gasteiger partial charge in [-0.15, -0.1) is 0 Å². The van der Waals surface area contributed by atoms with E-state index in [1.165, 1.54) is 14.0 Å². The smallest absolute Gasteiger partial charge is 0.311 e. The van der Waals surface area contributed by atoms with Gasteiger partial charge < -0.3 is 63.8 Å². The van der Waals surface area contributed by atoms with Crippen LogP contribution in [0.1, 0.15) is 108 Å². The molecule has 14 nitrogen and oxygen atoms in total. The Bertz CT molecular complexity index is 1180. The number of carbonyl (C=O) groups is 1. The molecule has 14 heteroatoms. The third kappa shape index (κ3) is 10.7. The van der Waals surface area contributed by atoms with Crippen molar-refractivity contribution in [2.75, 3.05) is 34.3 Å². The first-order valence-corrected chi connectivity index (χ1v) is 20.2. The lowest BCUT2D eigenvalue weighted by molar-refractivity contribution is -0.318. The van der Waals surface area contributed by atoms with Gasteiger partial charge in [-0.25, -0.2) is 0 Å². The number of aliphatic hydroxyl groups excluding tert-OH is 3. The summed E-state index contributed by atoms with van der Waals surface area (Å²) in [5, 5.41) is 58.7. The molecule has 0 saturated carbocycles. The van der Waals surface area contributed by atoms with Crippen LogP contribution in [-0.4, -0.2) is 166 Å². The summed E-state index contributed by atoms with van der Waals surface area (Å²) in [5.41, 5.74) is -4.38. The highest BCUT2D eigenvalue weighted by Gasteiger charge is 2.52. The van der Waals surface area contributed by atoms with Crippen molar-refractivity contribution < 1.29 is 58.7 Å². The van der Waals surface area contributed by atoms with Crippen molar-refractivity contribution >= 4 is 5.97 Å². The Labute approximate surface area is 324 Å². The molecule has 3 saturated heterocycles. The number of carbonyl (C=O) groups excluding carboxylic acids is 1. The van der Waals surface area contributed by atoms with Gasteiger partial charge in [-0.3, -0.25) is 4.79 Å². The molecule has 5 N–H and O–H groups in total. The Morgan fingerprint density at radius 2 is 1.56 bits per heavy atom. The molecule has 0 aromatic heterocycles. The summed E-state index contributed by atoms with van der Waals surface area (Å²) in [6, 6.07) is -0.500. The first kappa shape index (κ1) is 47.4. The summed E-state index contributed by atoms with van der Waals surface area (Å²) in [6.45, 7) is 20.9. The maximum absolute atomic E-state index is 14.3. The molecule has 0 spiro atoms. The predicted molar refractivity (Wildman–Crippen MR) is 203 cm³/mol. The molecule has 0 amide bonds. The fraction of sp³-hybridized carbons (Fsp3) is 0.975. The lowest BCUT2D eigenvalue weighted by Gasteiger charge is -2.49. The van der Waals surface area contributed by atoms with Crippen molar-refractivity contribution in [3.05, 3.63) is 0 Å². The minimum Gasteiger partial charge on any atom is -0.459 e. The molecule has 0 aliphatic carbocycles. The molecule has 318 valence electrons. The van der Waals surface area contributed by atoms with E-state index in [9.17, 15) is 30.3 Å². The maximum atomic E-state index is 14.3. The van der Waals surface area contributed by atoms with E-state index >= 15 is 0 Å². The normalized spacial score (nSPS) is 48.2. The summed E-state index contributed by atoms with van der Waals surface area (Å²) >= 11 is 0. The van der Waals surface area contributed by atoms with Crippen LogP contribution >= 0.6 is 0 Å². The zero-order valence-corrected chi connectivity index (χ0v) is 35.6. The molecule has 3 aliphatic rings. The number of hydrogen-bond acceptors (Lipinski definition) is 14. The van der Waals surface area contributed by atoms with Gasteiger partial charge >= 0.3 is 5.97 Å². The van der Waals surface area contributed by atoms with E-state index in [-0.39, 0.29) is 37.5 Å². The van der Waals surface area contributed by atoms with Crippen LogP contribution in [0.5, 0.6) is 0 Å². The Morgan fingerprint density at radius 1 is 0.926 bits per heavy atom. The quantitative estimate of drug-likeness (QED) is 0.216. The van der Waals surface area contributed by atoms with Crippen molar-refractivity contribution in [3.8, 4) is 0 Å². The molecule has 18 atom stereocenters. The van der Waals surface area contributed by atoms with Crippen LogP contribution in [0, 0.1) is 17.8 Å². The van der Waals surface area contributed by atoms with Crippen molar-refractivity contribution in [3.63, 3.8) is 0 Å². The second-order valence-corrected chi connectivity index (χ2v) is 17.7. The third-order valence-electron chi connectivity index (χ3n) is 12.6. The van der Waals surface area contributed by atoms with Gasteiger partial charge in [-0.05, 0) is 101 Å². The van der Waals surface area contributed by atoms with Crippen molar-refractivity contribution in [2.24, 2.45) is 17.8 Å². The maximum Gasteiger partial charge on any atom is 0.311 e. The van der Waals surface area contributed by atoms with E-state index in [0.29, 0.717) is 19.5 Å². The average molecular weight is 777 g/mol. The largest absolute Gasteiger partial charge is 0.459 e. The zero-order valence-electron chi connectivity index (χ0n) is 35.6. The van der Waals surface area contributed by atoms with Gasteiger partial charge in [0.1, 0.15) is 23.9 Å². The van der Waals surface area contributed by atoms with Gasteiger partial charge in [0.15, 0.2) is 12.6 Å². The lowest BCUT2D eigenvalue weighted by Crippen LogP contribution is -2.61. The zero-order chi connectivity index (χ0) is 41.1. The van der Waals surface area contributed by atoms with Gasteiger partial charge in [-0.2, -0.15) is 0 Å². The van der Waals surface area contributed by atoms with E-state index < -0.39 is 95.8 Å². The first-order valence-electron chi connectivity index (χ1n) is 20.2. The van der Waals surface area contributed by atoms with E-state index in [1.807, 2.05) is 46.7 Å². The Morgan fingerprint density at radius 3 is 2.11 bits per heavy atom. The summed E-state index contributed by atoms with van der Waals surface area (Å²) in [5.74, 6) is -2.87. The van der Waals surface area contributed by atoms with Gasteiger partial charge in [-0.1, -0.05) is 27.7 Å². The number of nitrogens with zero attached hydrogens (tertiary/aromatic N) is 2. The molecule has 0 unspecified atom stereocenters. The third-order valence-corrected chi connectivity index (χ3v) is 12.6. The SMILES string of the molecule is CCCN1C[C@H](C)[C@@H](O)[C@](C)(O)[C@H](CC)OC(=O)[C@H](C)[C@@H](O[C@H]2C[C@@](C)(OC)[C@@H](O)[C@H](C)O2)[C@H](C)[C@@H](O[C@@H]2O[C@H](C)C[C@H](N(C)C)[C@H]2O)[C@](C)(O)C[C@H]1C. The van der Waals surface area contributed by atoms with Gasteiger partial charge in [0.25, 0.3) is 0 Å². The molecule has 54 heavy (non-hydrogen) atoms. The second kappa shape index (κ2) is 19.2. The van der Waals surface area contributed by atoms with Crippen LogP contribution in [0.4, 0.5) is 0 Å². The molecule has 0 radical (unpaired) electrons. The van der Waals surface area contributed by atoms with Crippen molar-refractivity contribution in [1.82, 2.24) is 9.80 Å². The molecule has 3 fully saturated rings. The van der Waals surface area contributed by atoms with Crippen LogP contribution in [0.3, 0.4) is 0 Å². The number of ether oxygens (including phenoxy) is 6. The van der Waals surface area contributed by atoms with Gasteiger partial charge in [0.05, 0.1) is 47.6 Å². The van der Waals surface area contributed by atoms with Gasteiger partial charge in [0, 0.05) is 38.1 Å². The number of aliphatic hydroxyl groups is 5. The molecule has 3 aliphatic heterocycles. The number of hydrogen-bond donors (Lipinski definition) is 5. The molecule has 3 heterocycles. The van der Waals surface area contributed by atoms with Gasteiger partial charge in [0.2, 0.25) is 0 Å². The summed E-state index contributed by atoms with van der Waals surface area (Å²) in [6.07, 6.45) is -7.37. The minimum atomic E-state index is -1.78. The van der Waals surface area contributed by atoms with E-state index in [4.69, 9.17) is 28.4 Å². The summed E-state index contributed by atoms with van der Waals surface area (Å²) < 4.78 is 37.8.